The first-order valence-corrected chi connectivity index (χ1v) is 11.9. The highest BCUT2D eigenvalue weighted by Crippen LogP contribution is 2.26. The van der Waals surface area contributed by atoms with Crippen molar-refractivity contribution in [3.63, 3.8) is 0 Å². The molecule has 0 saturated heterocycles. The fourth-order valence-corrected chi connectivity index (χ4v) is 4.85. The number of amides is 2. The summed E-state index contributed by atoms with van der Waals surface area (Å²) in [6.07, 6.45) is 0. The van der Waals surface area contributed by atoms with Crippen LogP contribution in [0, 0.1) is 13.8 Å². The zero-order valence-corrected chi connectivity index (χ0v) is 19.6. The first-order valence-electron chi connectivity index (χ1n) is 10.4. The van der Waals surface area contributed by atoms with E-state index in [4.69, 9.17) is 4.74 Å². The van der Waals surface area contributed by atoms with Crippen LogP contribution in [0.5, 0.6) is 5.75 Å². The molecule has 8 nitrogen and oxygen atoms in total. The van der Waals surface area contributed by atoms with E-state index >= 15 is 0 Å². The predicted molar refractivity (Wildman–Crippen MR) is 125 cm³/mol. The molecule has 0 bridgehead atoms. The van der Waals surface area contributed by atoms with Gasteiger partial charge in [-0.3, -0.25) is 18.8 Å². The van der Waals surface area contributed by atoms with Gasteiger partial charge in [0.15, 0.2) is 0 Å². The van der Waals surface area contributed by atoms with Crippen molar-refractivity contribution in [3.8, 4) is 5.75 Å². The molecule has 0 saturated carbocycles. The third kappa shape index (κ3) is 4.17. The van der Waals surface area contributed by atoms with Gasteiger partial charge in [-0.25, -0.2) is 13.2 Å². The zero-order valence-electron chi connectivity index (χ0n) is 18.8. The van der Waals surface area contributed by atoms with Crippen molar-refractivity contribution in [2.24, 2.45) is 0 Å². The van der Waals surface area contributed by atoms with Crippen molar-refractivity contribution in [2.75, 3.05) is 17.9 Å². The van der Waals surface area contributed by atoms with Crippen LogP contribution >= 0.6 is 0 Å². The number of aryl methyl sites for hydroxylation is 2. The first-order chi connectivity index (χ1) is 16.1. The zero-order chi connectivity index (χ0) is 24.6. The summed E-state index contributed by atoms with van der Waals surface area (Å²) in [6.45, 7) is 3.22. The quantitative estimate of drug-likeness (QED) is 0.306. The van der Waals surface area contributed by atoms with Crippen molar-refractivity contribution in [1.82, 2.24) is 4.90 Å². The van der Waals surface area contributed by atoms with E-state index in [-0.39, 0.29) is 21.8 Å². The molecule has 4 rings (SSSR count). The van der Waals surface area contributed by atoms with Crippen LogP contribution in [-0.4, -0.2) is 44.7 Å². The number of carbonyl (C=O) groups is 3. The molecule has 1 heterocycles. The van der Waals surface area contributed by atoms with Crippen LogP contribution in [0.15, 0.2) is 71.6 Å². The van der Waals surface area contributed by atoms with Crippen molar-refractivity contribution in [1.29, 1.82) is 0 Å². The molecule has 9 heteroatoms. The van der Waals surface area contributed by atoms with Crippen LogP contribution in [0.25, 0.3) is 0 Å². The van der Waals surface area contributed by atoms with E-state index in [1.54, 1.807) is 30.3 Å². The molecule has 0 radical (unpaired) electrons. The predicted octanol–water partition coefficient (Wildman–Crippen LogP) is 3.33. The standard InChI is InChI=1S/C25H22N2O6S/c1-16-8-13-20(14-17(16)2)34(31,32)26(3)18-9-11-19(12-10-18)33-23(28)15-27-24(29)21-6-4-5-7-22(21)25(27)30/h4-14H,15H2,1-3H3. The fraction of sp³-hybridized carbons (Fsp3) is 0.160. The Morgan fingerprint density at radius 2 is 1.47 bits per heavy atom. The van der Waals surface area contributed by atoms with Gasteiger partial charge in [-0.15, -0.1) is 0 Å². The lowest BCUT2D eigenvalue weighted by atomic mass is 10.1. The van der Waals surface area contributed by atoms with Crippen molar-refractivity contribution >= 4 is 33.5 Å². The highest BCUT2D eigenvalue weighted by Gasteiger charge is 2.36. The Hall–Kier alpha value is -3.98. The lowest BCUT2D eigenvalue weighted by molar-refractivity contribution is -0.134. The molecule has 0 aliphatic carbocycles. The highest BCUT2D eigenvalue weighted by molar-refractivity contribution is 7.92. The van der Waals surface area contributed by atoms with Crippen molar-refractivity contribution < 1.29 is 27.5 Å². The number of anilines is 1. The second kappa shape index (κ2) is 8.75. The van der Waals surface area contributed by atoms with Gasteiger partial charge in [-0.05, 0) is 73.5 Å². The van der Waals surface area contributed by atoms with E-state index in [9.17, 15) is 22.8 Å². The van der Waals surface area contributed by atoms with Gasteiger partial charge in [0, 0.05) is 7.05 Å². The molecule has 0 aromatic heterocycles. The Bertz CT molecular complexity index is 1380. The monoisotopic (exact) mass is 478 g/mol. The number of ether oxygens (including phenoxy) is 1. The number of nitrogens with zero attached hydrogens (tertiary/aromatic N) is 2. The fourth-order valence-electron chi connectivity index (χ4n) is 3.57. The molecule has 34 heavy (non-hydrogen) atoms. The molecular formula is C25H22N2O6S. The maximum Gasteiger partial charge on any atom is 0.331 e. The third-order valence-corrected chi connectivity index (χ3v) is 7.52. The van der Waals surface area contributed by atoms with Crippen LogP contribution in [0.4, 0.5) is 5.69 Å². The Labute approximate surface area is 197 Å². The van der Waals surface area contributed by atoms with Crippen molar-refractivity contribution in [2.45, 2.75) is 18.7 Å². The molecule has 0 fully saturated rings. The number of rotatable bonds is 6. The second-order valence-corrected chi connectivity index (χ2v) is 9.90. The van der Waals surface area contributed by atoms with Crippen LogP contribution < -0.4 is 9.04 Å². The highest BCUT2D eigenvalue weighted by atomic mass is 32.2. The smallest absolute Gasteiger partial charge is 0.331 e. The molecule has 174 valence electrons. The number of esters is 1. The summed E-state index contributed by atoms with van der Waals surface area (Å²) >= 11 is 0. The minimum Gasteiger partial charge on any atom is -0.425 e. The SMILES string of the molecule is Cc1ccc(S(=O)(=O)N(C)c2ccc(OC(=O)CN3C(=O)c4ccccc4C3=O)cc2)cc1C. The molecule has 0 spiro atoms. The summed E-state index contributed by atoms with van der Waals surface area (Å²) in [5.41, 5.74) is 2.73. The van der Waals surface area contributed by atoms with Gasteiger partial charge in [0.05, 0.1) is 21.7 Å². The largest absolute Gasteiger partial charge is 0.425 e. The Balaban J connectivity index is 1.44. The first kappa shape index (κ1) is 23.2. The van der Waals surface area contributed by atoms with Crippen LogP contribution in [0.3, 0.4) is 0 Å². The number of carbonyl (C=O) groups excluding carboxylic acids is 3. The normalized spacial score (nSPS) is 13.1. The molecule has 0 N–H and O–H groups in total. The van der Waals surface area contributed by atoms with Crippen LogP contribution in [0.1, 0.15) is 31.8 Å². The molecule has 0 atom stereocenters. The number of sulfonamides is 1. The minimum absolute atomic E-state index is 0.155. The molecule has 3 aromatic rings. The van der Waals surface area contributed by atoms with E-state index in [0.29, 0.717) is 5.69 Å². The average molecular weight is 479 g/mol. The topological polar surface area (TPSA) is 101 Å². The lowest BCUT2D eigenvalue weighted by Gasteiger charge is -2.20. The minimum atomic E-state index is -3.78. The summed E-state index contributed by atoms with van der Waals surface area (Å²) in [5, 5.41) is 0. The van der Waals surface area contributed by atoms with Crippen LogP contribution in [-0.2, 0) is 14.8 Å². The van der Waals surface area contributed by atoms with Gasteiger partial charge in [0.2, 0.25) is 0 Å². The number of hydrogen-bond donors (Lipinski definition) is 0. The van der Waals surface area contributed by atoms with Gasteiger partial charge >= 0.3 is 5.97 Å². The summed E-state index contributed by atoms with van der Waals surface area (Å²) in [6, 6.07) is 17.2. The van der Waals surface area contributed by atoms with Crippen molar-refractivity contribution in [3.05, 3.63) is 89.0 Å². The molecule has 2 amide bonds. The summed E-state index contributed by atoms with van der Waals surface area (Å²) < 4.78 is 32.3. The third-order valence-electron chi connectivity index (χ3n) is 5.73. The summed E-state index contributed by atoms with van der Waals surface area (Å²) in [7, 11) is -2.34. The van der Waals surface area contributed by atoms with E-state index < -0.39 is 34.4 Å². The molecular weight excluding hydrogens is 456 g/mol. The number of imide groups is 1. The van der Waals surface area contributed by atoms with Gasteiger partial charge in [0.1, 0.15) is 12.3 Å². The molecule has 1 aliphatic rings. The van der Waals surface area contributed by atoms with Gasteiger partial charge in [-0.2, -0.15) is 0 Å². The lowest BCUT2D eigenvalue weighted by Crippen LogP contribution is -2.36. The van der Waals surface area contributed by atoms with Gasteiger partial charge < -0.3 is 4.74 Å². The van der Waals surface area contributed by atoms with E-state index in [2.05, 4.69) is 0 Å². The van der Waals surface area contributed by atoms with Gasteiger partial charge in [-0.1, -0.05) is 18.2 Å². The Morgan fingerprint density at radius 3 is 2.03 bits per heavy atom. The Kier molecular flexibility index (Phi) is 5.97. The molecule has 0 unspecified atom stereocenters. The van der Waals surface area contributed by atoms with E-state index in [1.807, 2.05) is 13.8 Å². The summed E-state index contributed by atoms with van der Waals surface area (Å²) in [4.78, 5) is 38.2. The maximum absolute atomic E-state index is 13.0. The number of benzene rings is 3. The number of hydrogen-bond acceptors (Lipinski definition) is 6. The number of fused-ring (bicyclic) bond motifs is 1. The van der Waals surface area contributed by atoms with E-state index in [0.717, 1.165) is 20.3 Å². The molecule has 1 aliphatic heterocycles. The van der Waals surface area contributed by atoms with Crippen LogP contribution in [0.2, 0.25) is 0 Å². The second-order valence-electron chi connectivity index (χ2n) is 7.93. The van der Waals surface area contributed by atoms with Gasteiger partial charge in [0.25, 0.3) is 21.8 Å². The average Bonchev–Trinajstić information content (AvgIpc) is 3.05. The van der Waals surface area contributed by atoms with E-state index in [1.165, 1.54) is 43.4 Å². The summed E-state index contributed by atoms with van der Waals surface area (Å²) in [5.74, 6) is -1.74. The maximum atomic E-state index is 13.0. The Morgan fingerprint density at radius 1 is 0.882 bits per heavy atom. The molecule has 3 aromatic carbocycles.